The smallest absolute Gasteiger partial charge is 0.261 e. The Morgan fingerprint density at radius 1 is 1.03 bits per heavy atom. The van der Waals surface area contributed by atoms with Gasteiger partial charge in [0.05, 0.1) is 16.7 Å². The minimum absolute atomic E-state index is 0.108. The third-order valence-electron chi connectivity index (χ3n) is 5.53. The van der Waals surface area contributed by atoms with Crippen molar-refractivity contribution in [3.8, 4) is 0 Å². The number of rotatable bonds is 8. The second-order valence-corrected chi connectivity index (χ2v) is 9.74. The number of carbonyl (C=O) groups is 1. The van der Waals surface area contributed by atoms with E-state index >= 15 is 0 Å². The molecule has 1 atom stereocenters. The molecule has 1 heterocycles. The van der Waals surface area contributed by atoms with Crippen LogP contribution in [0.15, 0.2) is 77.7 Å². The van der Waals surface area contributed by atoms with Crippen molar-refractivity contribution in [1.82, 2.24) is 4.90 Å². The van der Waals surface area contributed by atoms with Gasteiger partial charge in [0.25, 0.3) is 15.9 Å². The van der Waals surface area contributed by atoms with E-state index < -0.39 is 15.8 Å². The molecule has 0 saturated carbocycles. The van der Waals surface area contributed by atoms with Crippen molar-refractivity contribution < 1.29 is 26.7 Å². The molecule has 34 heavy (non-hydrogen) atoms. The van der Waals surface area contributed by atoms with Crippen molar-refractivity contribution >= 4 is 21.6 Å². The molecule has 3 aromatic rings. The summed E-state index contributed by atoms with van der Waals surface area (Å²) in [5.74, 6) is -1.41. The van der Waals surface area contributed by atoms with Crippen molar-refractivity contribution in [3.63, 3.8) is 0 Å². The number of hydrogen-bond acceptors (Lipinski definition) is 4. The van der Waals surface area contributed by atoms with Crippen LogP contribution in [0.3, 0.4) is 0 Å². The zero-order valence-electron chi connectivity index (χ0n) is 18.3. The van der Waals surface area contributed by atoms with Gasteiger partial charge in [0.2, 0.25) is 0 Å². The van der Waals surface area contributed by atoms with Gasteiger partial charge >= 0.3 is 0 Å². The summed E-state index contributed by atoms with van der Waals surface area (Å²) in [7, 11) is -4.05. The van der Waals surface area contributed by atoms with Gasteiger partial charge in [0, 0.05) is 25.3 Å². The predicted molar refractivity (Wildman–Crippen MR) is 124 cm³/mol. The first kappa shape index (κ1) is 23.8. The maximum absolute atomic E-state index is 13.9. The zero-order chi connectivity index (χ0) is 24.1. The van der Waals surface area contributed by atoms with Crippen LogP contribution in [0.4, 0.5) is 14.5 Å². The van der Waals surface area contributed by atoms with Crippen molar-refractivity contribution in [1.29, 1.82) is 0 Å². The summed E-state index contributed by atoms with van der Waals surface area (Å²) < 4.78 is 60.7. The number of amides is 1. The molecule has 1 saturated heterocycles. The number of benzene rings is 3. The number of sulfonamides is 1. The maximum Gasteiger partial charge on any atom is 0.261 e. The summed E-state index contributed by atoms with van der Waals surface area (Å²) in [6.07, 6.45) is 1.63. The third-order valence-corrected chi connectivity index (χ3v) is 6.91. The number of nitrogens with zero attached hydrogens (tertiary/aromatic N) is 1. The second-order valence-electron chi connectivity index (χ2n) is 8.06. The summed E-state index contributed by atoms with van der Waals surface area (Å²) in [5.41, 5.74) is 0.749. The molecule has 0 bridgehead atoms. The Labute approximate surface area is 197 Å². The average Bonchev–Trinajstić information content (AvgIpc) is 3.33. The lowest BCUT2D eigenvalue weighted by molar-refractivity contribution is 0.0507. The number of carbonyl (C=O) groups excluding carboxylic acids is 1. The lowest BCUT2D eigenvalue weighted by Gasteiger charge is -2.26. The molecular formula is C25H24F2N2O4S. The first-order valence-electron chi connectivity index (χ1n) is 10.8. The molecule has 1 fully saturated rings. The van der Waals surface area contributed by atoms with Crippen molar-refractivity contribution in [2.45, 2.75) is 30.4 Å². The Kier molecular flexibility index (Phi) is 7.23. The Morgan fingerprint density at radius 2 is 1.79 bits per heavy atom. The van der Waals surface area contributed by atoms with Crippen LogP contribution in [-0.2, 0) is 21.3 Å². The normalized spacial score (nSPS) is 15.8. The van der Waals surface area contributed by atoms with E-state index in [1.165, 1.54) is 54.6 Å². The fourth-order valence-corrected chi connectivity index (χ4v) is 4.88. The molecule has 178 valence electrons. The molecule has 4 rings (SSSR count). The predicted octanol–water partition coefficient (Wildman–Crippen LogP) is 4.59. The van der Waals surface area contributed by atoms with Gasteiger partial charge in [-0.2, -0.15) is 0 Å². The Balaban J connectivity index is 1.53. The number of hydrogen-bond donors (Lipinski definition) is 1. The van der Waals surface area contributed by atoms with Gasteiger partial charge < -0.3 is 9.64 Å². The highest BCUT2D eigenvalue weighted by Crippen LogP contribution is 2.21. The van der Waals surface area contributed by atoms with Gasteiger partial charge in [-0.05, 0) is 66.9 Å². The van der Waals surface area contributed by atoms with E-state index in [0.717, 1.165) is 18.9 Å². The minimum atomic E-state index is -4.05. The molecule has 9 heteroatoms. The molecule has 0 aromatic heterocycles. The van der Waals surface area contributed by atoms with Crippen LogP contribution in [-0.4, -0.2) is 38.5 Å². The van der Waals surface area contributed by atoms with E-state index in [4.69, 9.17) is 4.74 Å². The summed E-state index contributed by atoms with van der Waals surface area (Å²) in [6, 6.07) is 16.9. The van der Waals surface area contributed by atoms with E-state index in [1.807, 2.05) is 0 Å². The van der Waals surface area contributed by atoms with Gasteiger partial charge in [0.15, 0.2) is 0 Å². The van der Waals surface area contributed by atoms with Crippen LogP contribution < -0.4 is 4.72 Å². The molecule has 1 amide bonds. The van der Waals surface area contributed by atoms with Gasteiger partial charge in [-0.1, -0.05) is 24.3 Å². The Bertz CT molecular complexity index is 1260. The Hall–Kier alpha value is -3.30. The molecule has 3 aromatic carbocycles. The molecule has 6 nitrogen and oxygen atoms in total. The maximum atomic E-state index is 13.9. The fraction of sp³-hybridized carbons (Fsp3) is 0.240. The molecule has 0 radical (unpaired) electrons. The van der Waals surface area contributed by atoms with E-state index in [2.05, 4.69) is 4.72 Å². The van der Waals surface area contributed by atoms with Crippen LogP contribution in [0.25, 0.3) is 0 Å². The van der Waals surface area contributed by atoms with Crippen LogP contribution in [0, 0.1) is 11.6 Å². The standard InChI is InChI=1S/C25H24F2N2O4S/c26-20-6-3-5-18(15-20)16-29(17-21-7-4-14-33-21)25(30)19-10-12-22(13-11-19)34(31,32)28-24-9-2-1-8-23(24)27/h1-3,5-6,8-13,15,21,28H,4,7,14,16-17H2. The molecule has 0 aliphatic carbocycles. The summed E-state index contributed by atoms with van der Waals surface area (Å²) in [5, 5.41) is 0. The topological polar surface area (TPSA) is 75.7 Å². The highest BCUT2D eigenvalue weighted by Gasteiger charge is 2.24. The van der Waals surface area contributed by atoms with Crippen molar-refractivity contribution in [3.05, 3.63) is 95.6 Å². The number of anilines is 1. The molecule has 1 unspecified atom stereocenters. The lowest BCUT2D eigenvalue weighted by atomic mass is 10.1. The number of ether oxygens (including phenoxy) is 1. The van der Waals surface area contributed by atoms with Crippen LogP contribution >= 0.6 is 0 Å². The van der Waals surface area contributed by atoms with E-state index in [9.17, 15) is 22.0 Å². The third kappa shape index (κ3) is 5.78. The highest BCUT2D eigenvalue weighted by molar-refractivity contribution is 7.92. The summed E-state index contributed by atoms with van der Waals surface area (Å²) in [4.78, 5) is 14.7. The van der Waals surface area contributed by atoms with Crippen molar-refractivity contribution in [2.75, 3.05) is 17.9 Å². The SMILES string of the molecule is O=C(c1ccc(S(=O)(=O)Nc2ccccc2F)cc1)N(Cc1cccc(F)c1)CC1CCCO1. The first-order chi connectivity index (χ1) is 16.3. The number of nitrogens with one attached hydrogen (secondary N) is 1. The fourth-order valence-electron chi connectivity index (χ4n) is 3.82. The van der Waals surface area contributed by atoms with E-state index in [1.54, 1.807) is 17.0 Å². The largest absolute Gasteiger partial charge is 0.376 e. The Morgan fingerprint density at radius 3 is 2.47 bits per heavy atom. The molecule has 0 spiro atoms. The molecule has 1 aliphatic rings. The van der Waals surface area contributed by atoms with Crippen LogP contribution in [0.2, 0.25) is 0 Å². The lowest BCUT2D eigenvalue weighted by Crippen LogP contribution is -2.37. The second kappa shape index (κ2) is 10.3. The first-order valence-corrected chi connectivity index (χ1v) is 12.3. The number of para-hydroxylation sites is 1. The summed E-state index contributed by atoms with van der Waals surface area (Å²) >= 11 is 0. The highest BCUT2D eigenvalue weighted by atomic mass is 32.2. The van der Waals surface area contributed by atoms with E-state index in [-0.39, 0.29) is 40.5 Å². The minimum Gasteiger partial charge on any atom is -0.376 e. The van der Waals surface area contributed by atoms with E-state index in [0.29, 0.717) is 18.7 Å². The van der Waals surface area contributed by atoms with Crippen LogP contribution in [0.1, 0.15) is 28.8 Å². The molecule has 1 N–H and O–H groups in total. The molecule has 1 aliphatic heterocycles. The molecular weight excluding hydrogens is 462 g/mol. The zero-order valence-corrected chi connectivity index (χ0v) is 19.1. The monoisotopic (exact) mass is 486 g/mol. The van der Waals surface area contributed by atoms with Gasteiger partial charge in [-0.15, -0.1) is 0 Å². The average molecular weight is 487 g/mol. The number of halogens is 2. The van der Waals surface area contributed by atoms with Gasteiger partial charge in [0.1, 0.15) is 11.6 Å². The summed E-state index contributed by atoms with van der Waals surface area (Å²) in [6.45, 7) is 1.16. The van der Waals surface area contributed by atoms with Gasteiger partial charge in [-0.25, -0.2) is 17.2 Å². The van der Waals surface area contributed by atoms with Gasteiger partial charge in [-0.3, -0.25) is 9.52 Å². The van der Waals surface area contributed by atoms with Crippen molar-refractivity contribution in [2.24, 2.45) is 0 Å². The van der Waals surface area contributed by atoms with Crippen LogP contribution in [0.5, 0.6) is 0 Å². The quantitative estimate of drug-likeness (QED) is 0.506.